The van der Waals surface area contributed by atoms with Crippen molar-refractivity contribution in [2.75, 3.05) is 5.32 Å². The fourth-order valence-corrected chi connectivity index (χ4v) is 3.54. The molecule has 0 radical (unpaired) electrons. The molecule has 0 unspecified atom stereocenters. The lowest BCUT2D eigenvalue weighted by Crippen LogP contribution is -2.43. The number of carbonyl (C=O) groups excluding carboxylic acids is 2. The molecule has 0 spiro atoms. The first kappa shape index (κ1) is 21.5. The first-order valence-corrected chi connectivity index (χ1v) is 10.5. The summed E-state index contributed by atoms with van der Waals surface area (Å²) in [4.78, 5) is 27.3. The van der Waals surface area contributed by atoms with Gasteiger partial charge >= 0.3 is 0 Å². The molecule has 7 heteroatoms. The van der Waals surface area contributed by atoms with Gasteiger partial charge in [-0.2, -0.15) is 0 Å². The summed E-state index contributed by atoms with van der Waals surface area (Å²) in [6.07, 6.45) is 0.952. The molecule has 0 aromatic heterocycles. The lowest BCUT2D eigenvalue weighted by atomic mass is 10.1. The van der Waals surface area contributed by atoms with Crippen LogP contribution in [-0.4, -0.2) is 28.9 Å². The fourth-order valence-electron chi connectivity index (χ4n) is 3.24. The molecular weight excluding hydrogens is 411 g/mol. The average molecular weight is 435 g/mol. The van der Waals surface area contributed by atoms with E-state index in [1.54, 1.807) is 24.3 Å². The predicted molar refractivity (Wildman–Crippen MR) is 116 cm³/mol. The number of hydrogen-bond acceptors (Lipinski definition) is 3. The van der Waals surface area contributed by atoms with Crippen LogP contribution in [0.5, 0.6) is 5.75 Å². The molecule has 1 aliphatic heterocycles. The van der Waals surface area contributed by atoms with E-state index < -0.39 is 6.10 Å². The smallest absolute Gasteiger partial charge is 0.264 e. The van der Waals surface area contributed by atoms with Crippen molar-refractivity contribution < 1.29 is 14.3 Å². The summed E-state index contributed by atoms with van der Waals surface area (Å²) < 4.78 is 5.98. The SMILES string of the molecule is CC[C@@H]1Oc2ccc(NC(=O)c3ccc(Cl)c(Cl)c3)cc2CN([C@@H](C)CC)C1=O. The Morgan fingerprint density at radius 1 is 1.21 bits per heavy atom. The Morgan fingerprint density at radius 2 is 1.97 bits per heavy atom. The van der Waals surface area contributed by atoms with E-state index in [0.29, 0.717) is 40.0 Å². The third kappa shape index (κ3) is 4.68. The number of ether oxygens (including phenoxy) is 1. The Balaban J connectivity index is 1.87. The molecule has 29 heavy (non-hydrogen) atoms. The molecule has 1 aliphatic rings. The van der Waals surface area contributed by atoms with Gasteiger partial charge in [0, 0.05) is 29.4 Å². The summed E-state index contributed by atoms with van der Waals surface area (Å²) in [5.41, 5.74) is 1.89. The molecule has 0 fully saturated rings. The van der Waals surface area contributed by atoms with E-state index in [0.717, 1.165) is 12.0 Å². The molecule has 0 saturated carbocycles. The highest BCUT2D eigenvalue weighted by molar-refractivity contribution is 6.42. The summed E-state index contributed by atoms with van der Waals surface area (Å²) in [5, 5.41) is 3.59. The van der Waals surface area contributed by atoms with Crippen LogP contribution in [0.1, 0.15) is 49.5 Å². The van der Waals surface area contributed by atoms with E-state index in [-0.39, 0.29) is 17.9 Å². The summed E-state index contributed by atoms with van der Waals surface area (Å²) in [6, 6.07) is 10.3. The van der Waals surface area contributed by atoms with Gasteiger partial charge in [-0.3, -0.25) is 9.59 Å². The highest BCUT2D eigenvalue weighted by Crippen LogP contribution is 2.31. The van der Waals surface area contributed by atoms with E-state index in [2.05, 4.69) is 12.2 Å². The lowest BCUT2D eigenvalue weighted by molar-refractivity contribution is -0.140. The summed E-state index contributed by atoms with van der Waals surface area (Å²) in [5.74, 6) is 0.377. The zero-order valence-electron chi connectivity index (χ0n) is 16.7. The molecule has 0 bridgehead atoms. The number of rotatable bonds is 5. The van der Waals surface area contributed by atoms with Crippen LogP contribution in [0.3, 0.4) is 0 Å². The van der Waals surface area contributed by atoms with E-state index in [9.17, 15) is 9.59 Å². The molecule has 154 valence electrons. The van der Waals surface area contributed by atoms with Crippen LogP contribution in [0.4, 0.5) is 5.69 Å². The van der Waals surface area contributed by atoms with Gasteiger partial charge in [0.05, 0.1) is 10.0 Å². The average Bonchev–Trinajstić information content (AvgIpc) is 2.85. The van der Waals surface area contributed by atoms with Crippen molar-refractivity contribution in [3.63, 3.8) is 0 Å². The lowest BCUT2D eigenvalue weighted by Gasteiger charge is -2.28. The number of anilines is 1. The minimum atomic E-state index is -0.498. The number of benzene rings is 2. The molecule has 2 aromatic rings. The standard InChI is InChI=1S/C22H24Cl2N2O3/c1-4-13(3)26-12-15-10-16(7-9-20(15)29-19(5-2)22(26)28)25-21(27)14-6-8-17(23)18(24)11-14/h6-11,13,19H,4-5,12H2,1-3H3,(H,25,27)/t13-,19-/m0/s1. The molecule has 0 saturated heterocycles. The maximum atomic E-state index is 12.9. The van der Waals surface area contributed by atoms with Gasteiger partial charge in [0.1, 0.15) is 5.75 Å². The van der Waals surface area contributed by atoms with Crippen molar-refractivity contribution in [1.82, 2.24) is 4.90 Å². The van der Waals surface area contributed by atoms with Crippen LogP contribution >= 0.6 is 23.2 Å². The van der Waals surface area contributed by atoms with E-state index in [4.69, 9.17) is 27.9 Å². The predicted octanol–water partition coefficient (Wildman–Crippen LogP) is 5.54. The van der Waals surface area contributed by atoms with Gasteiger partial charge in [-0.25, -0.2) is 0 Å². The molecule has 2 amide bonds. The van der Waals surface area contributed by atoms with Gasteiger partial charge < -0.3 is 15.0 Å². The second-order valence-corrected chi connectivity index (χ2v) is 7.96. The Bertz CT molecular complexity index is 932. The second kappa shape index (κ2) is 9.06. The Morgan fingerprint density at radius 3 is 2.62 bits per heavy atom. The first-order valence-electron chi connectivity index (χ1n) is 9.70. The largest absolute Gasteiger partial charge is 0.480 e. The maximum Gasteiger partial charge on any atom is 0.264 e. The van der Waals surface area contributed by atoms with Crippen LogP contribution in [0.15, 0.2) is 36.4 Å². The molecule has 3 rings (SSSR count). The number of hydrogen-bond donors (Lipinski definition) is 1. The van der Waals surface area contributed by atoms with Gasteiger partial charge in [-0.15, -0.1) is 0 Å². The fraction of sp³-hybridized carbons (Fsp3) is 0.364. The van der Waals surface area contributed by atoms with Gasteiger partial charge in [0.25, 0.3) is 11.8 Å². The van der Waals surface area contributed by atoms with Crippen molar-refractivity contribution in [3.05, 3.63) is 57.6 Å². The summed E-state index contributed by atoms with van der Waals surface area (Å²) >= 11 is 11.9. The highest BCUT2D eigenvalue weighted by atomic mass is 35.5. The molecule has 0 aliphatic carbocycles. The number of fused-ring (bicyclic) bond motifs is 1. The topological polar surface area (TPSA) is 58.6 Å². The zero-order valence-corrected chi connectivity index (χ0v) is 18.2. The van der Waals surface area contributed by atoms with Gasteiger partial charge in [0.2, 0.25) is 0 Å². The van der Waals surface area contributed by atoms with Crippen molar-refractivity contribution >= 4 is 40.7 Å². The first-order chi connectivity index (χ1) is 13.8. The number of carbonyl (C=O) groups is 2. The Hall–Kier alpha value is -2.24. The number of amides is 2. The van der Waals surface area contributed by atoms with E-state index >= 15 is 0 Å². The van der Waals surface area contributed by atoms with Crippen molar-refractivity contribution in [1.29, 1.82) is 0 Å². The molecule has 1 N–H and O–H groups in total. The van der Waals surface area contributed by atoms with Crippen LogP contribution < -0.4 is 10.1 Å². The Kier molecular flexibility index (Phi) is 6.70. The van der Waals surface area contributed by atoms with E-state index in [1.165, 1.54) is 6.07 Å². The quantitative estimate of drug-likeness (QED) is 0.671. The van der Waals surface area contributed by atoms with Crippen LogP contribution in [0.25, 0.3) is 0 Å². The molecular formula is C22H24Cl2N2O3. The maximum absolute atomic E-state index is 12.9. The highest BCUT2D eigenvalue weighted by Gasteiger charge is 2.32. The second-order valence-electron chi connectivity index (χ2n) is 7.14. The number of nitrogens with one attached hydrogen (secondary N) is 1. The van der Waals surface area contributed by atoms with E-state index in [1.807, 2.05) is 24.8 Å². The van der Waals surface area contributed by atoms with Gasteiger partial charge in [0.15, 0.2) is 6.10 Å². The molecule has 2 atom stereocenters. The third-order valence-electron chi connectivity index (χ3n) is 5.16. The monoisotopic (exact) mass is 434 g/mol. The molecule has 5 nitrogen and oxygen atoms in total. The minimum absolute atomic E-state index is 0.000517. The summed E-state index contributed by atoms with van der Waals surface area (Å²) in [7, 11) is 0. The van der Waals surface area contributed by atoms with Crippen LogP contribution in [-0.2, 0) is 11.3 Å². The Labute approximate surface area is 180 Å². The van der Waals surface area contributed by atoms with Crippen LogP contribution in [0, 0.1) is 0 Å². The minimum Gasteiger partial charge on any atom is -0.480 e. The number of halogens is 2. The normalized spacial score (nSPS) is 17.2. The van der Waals surface area contributed by atoms with Gasteiger partial charge in [-0.05, 0) is 56.2 Å². The molecule has 2 aromatic carbocycles. The zero-order chi connectivity index (χ0) is 21.1. The van der Waals surface area contributed by atoms with Crippen molar-refractivity contribution in [2.45, 2.75) is 52.3 Å². The van der Waals surface area contributed by atoms with Crippen molar-refractivity contribution in [3.8, 4) is 5.75 Å². The molecule has 1 heterocycles. The van der Waals surface area contributed by atoms with Crippen molar-refractivity contribution in [2.24, 2.45) is 0 Å². The third-order valence-corrected chi connectivity index (χ3v) is 5.90. The number of nitrogens with zero attached hydrogens (tertiary/aromatic N) is 1. The van der Waals surface area contributed by atoms with Gasteiger partial charge in [-0.1, -0.05) is 37.0 Å². The summed E-state index contributed by atoms with van der Waals surface area (Å²) in [6.45, 7) is 6.47. The van der Waals surface area contributed by atoms with Crippen LogP contribution in [0.2, 0.25) is 10.0 Å².